The molecule has 0 aliphatic carbocycles. The third-order valence-electron chi connectivity index (χ3n) is 2.60. The Hall–Kier alpha value is -1.81. The molecule has 0 saturated carbocycles. The summed E-state index contributed by atoms with van der Waals surface area (Å²) < 4.78 is 8.70. The number of ether oxygens (including phenoxy) is 1. The van der Waals surface area contributed by atoms with E-state index >= 15 is 0 Å². The van der Waals surface area contributed by atoms with Crippen LogP contribution in [0.2, 0.25) is 0 Å². The summed E-state index contributed by atoms with van der Waals surface area (Å²) in [5.74, 6) is 1.57. The van der Waals surface area contributed by atoms with Crippen molar-refractivity contribution in [1.82, 2.24) is 9.38 Å². The molecule has 0 aliphatic rings. The van der Waals surface area contributed by atoms with Crippen LogP contribution in [-0.4, -0.2) is 9.38 Å². The number of imidazole rings is 1. The molecule has 0 aliphatic heterocycles. The quantitative estimate of drug-likeness (QED) is 0.709. The Morgan fingerprint density at radius 3 is 2.72 bits per heavy atom. The molecular formula is C14H11BrN2O. The van der Waals surface area contributed by atoms with Gasteiger partial charge in [-0.3, -0.25) is 0 Å². The first kappa shape index (κ1) is 11.3. The lowest BCUT2D eigenvalue weighted by Gasteiger charge is -2.07. The molecule has 0 bridgehead atoms. The van der Waals surface area contributed by atoms with Gasteiger partial charge in [0, 0.05) is 18.5 Å². The normalized spacial score (nSPS) is 10.8. The number of halogens is 1. The predicted octanol–water partition coefficient (Wildman–Crippen LogP) is 4.20. The van der Waals surface area contributed by atoms with Crippen molar-refractivity contribution < 1.29 is 4.74 Å². The molecular weight excluding hydrogens is 292 g/mol. The Bertz CT molecular complexity index is 692. The summed E-state index contributed by atoms with van der Waals surface area (Å²) >= 11 is 3.51. The van der Waals surface area contributed by atoms with Gasteiger partial charge in [0.25, 0.3) is 0 Å². The Labute approximate surface area is 113 Å². The van der Waals surface area contributed by atoms with Crippen LogP contribution in [0.25, 0.3) is 5.65 Å². The second-order valence-corrected chi connectivity index (χ2v) is 4.90. The fourth-order valence-electron chi connectivity index (χ4n) is 1.81. The molecule has 18 heavy (non-hydrogen) atoms. The van der Waals surface area contributed by atoms with Gasteiger partial charge in [-0.2, -0.15) is 0 Å². The number of fused-ring (bicyclic) bond motifs is 1. The number of benzene rings is 1. The Morgan fingerprint density at radius 1 is 1.17 bits per heavy atom. The molecule has 2 heterocycles. The molecule has 1 aromatic carbocycles. The molecule has 0 radical (unpaired) electrons. The molecule has 90 valence electrons. The van der Waals surface area contributed by atoms with Gasteiger partial charge in [-0.05, 0) is 35.0 Å². The van der Waals surface area contributed by atoms with Crippen molar-refractivity contribution in [2.75, 3.05) is 0 Å². The molecule has 0 amide bonds. The SMILES string of the molecule is Cc1cn2cc(Br)c(Oc3ccccc3)cc2n1. The Kier molecular flexibility index (Phi) is 2.80. The maximum Gasteiger partial charge on any atom is 0.146 e. The van der Waals surface area contributed by atoms with Crippen LogP contribution in [0.15, 0.2) is 53.3 Å². The Balaban J connectivity index is 2.03. The van der Waals surface area contributed by atoms with Crippen LogP contribution in [0, 0.1) is 6.92 Å². The van der Waals surface area contributed by atoms with Gasteiger partial charge in [0.05, 0.1) is 10.2 Å². The highest BCUT2D eigenvalue weighted by Gasteiger charge is 2.07. The van der Waals surface area contributed by atoms with Gasteiger partial charge in [-0.25, -0.2) is 4.98 Å². The second-order valence-electron chi connectivity index (χ2n) is 4.05. The van der Waals surface area contributed by atoms with Crippen LogP contribution >= 0.6 is 15.9 Å². The third kappa shape index (κ3) is 2.11. The van der Waals surface area contributed by atoms with E-state index in [4.69, 9.17) is 4.74 Å². The molecule has 4 heteroatoms. The molecule has 3 aromatic rings. The zero-order valence-corrected chi connectivity index (χ0v) is 11.4. The van der Waals surface area contributed by atoms with Gasteiger partial charge < -0.3 is 9.14 Å². The summed E-state index contributed by atoms with van der Waals surface area (Å²) in [7, 11) is 0. The molecule has 0 spiro atoms. The molecule has 3 nitrogen and oxygen atoms in total. The molecule has 0 saturated heterocycles. The van der Waals surface area contributed by atoms with E-state index in [0.29, 0.717) is 0 Å². The highest BCUT2D eigenvalue weighted by Crippen LogP contribution is 2.30. The fourth-order valence-corrected chi connectivity index (χ4v) is 2.23. The number of hydrogen-bond donors (Lipinski definition) is 0. The third-order valence-corrected chi connectivity index (χ3v) is 3.20. The van der Waals surface area contributed by atoms with Gasteiger partial charge in [0.2, 0.25) is 0 Å². The average molecular weight is 303 g/mol. The Morgan fingerprint density at radius 2 is 1.94 bits per heavy atom. The van der Waals surface area contributed by atoms with Crippen molar-refractivity contribution in [2.24, 2.45) is 0 Å². The number of hydrogen-bond acceptors (Lipinski definition) is 2. The average Bonchev–Trinajstić information content (AvgIpc) is 2.70. The van der Waals surface area contributed by atoms with Crippen molar-refractivity contribution in [2.45, 2.75) is 6.92 Å². The van der Waals surface area contributed by atoms with Crippen molar-refractivity contribution in [3.63, 3.8) is 0 Å². The minimum Gasteiger partial charge on any atom is -0.456 e. The zero-order chi connectivity index (χ0) is 12.5. The van der Waals surface area contributed by atoms with E-state index < -0.39 is 0 Å². The minimum absolute atomic E-state index is 0.763. The summed E-state index contributed by atoms with van der Waals surface area (Å²) in [6, 6.07) is 11.6. The highest BCUT2D eigenvalue weighted by molar-refractivity contribution is 9.10. The van der Waals surface area contributed by atoms with Gasteiger partial charge >= 0.3 is 0 Å². The number of para-hydroxylation sites is 1. The topological polar surface area (TPSA) is 26.5 Å². The summed E-state index contributed by atoms with van der Waals surface area (Å²) in [5.41, 5.74) is 1.86. The summed E-state index contributed by atoms with van der Waals surface area (Å²) in [6.45, 7) is 1.97. The highest BCUT2D eigenvalue weighted by atomic mass is 79.9. The maximum absolute atomic E-state index is 5.83. The smallest absolute Gasteiger partial charge is 0.146 e. The maximum atomic E-state index is 5.83. The summed E-state index contributed by atoms with van der Waals surface area (Å²) in [6.07, 6.45) is 3.93. The molecule has 3 rings (SSSR count). The zero-order valence-electron chi connectivity index (χ0n) is 9.80. The van der Waals surface area contributed by atoms with Crippen molar-refractivity contribution in [3.8, 4) is 11.5 Å². The summed E-state index contributed by atoms with van der Waals surface area (Å²) in [4.78, 5) is 4.42. The number of rotatable bonds is 2. The van der Waals surface area contributed by atoms with E-state index in [1.807, 2.05) is 60.1 Å². The van der Waals surface area contributed by atoms with Gasteiger partial charge in [-0.15, -0.1) is 0 Å². The van der Waals surface area contributed by atoms with E-state index in [0.717, 1.165) is 27.3 Å². The van der Waals surface area contributed by atoms with E-state index in [-0.39, 0.29) is 0 Å². The van der Waals surface area contributed by atoms with Crippen LogP contribution in [0.1, 0.15) is 5.69 Å². The monoisotopic (exact) mass is 302 g/mol. The van der Waals surface area contributed by atoms with E-state index in [1.165, 1.54) is 0 Å². The number of aryl methyl sites for hydroxylation is 1. The molecule has 0 atom stereocenters. The molecule has 0 unspecified atom stereocenters. The van der Waals surface area contributed by atoms with Crippen molar-refractivity contribution >= 4 is 21.6 Å². The molecule has 2 aromatic heterocycles. The van der Waals surface area contributed by atoms with Gasteiger partial charge in [0.15, 0.2) is 0 Å². The lowest BCUT2D eigenvalue weighted by Crippen LogP contribution is -1.89. The molecule has 0 N–H and O–H groups in total. The predicted molar refractivity (Wildman–Crippen MR) is 74.1 cm³/mol. The van der Waals surface area contributed by atoms with Gasteiger partial charge in [-0.1, -0.05) is 18.2 Å². The van der Waals surface area contributed by atoms with Crippen LogP contribution in [0.3, 0.4) is 0 Å². The first-order valence-corrected chi connectivity index (χ1v) is 6.39. The van der Waals surface area contributed by atoms with Crippen molar-refractivity contribution in [1.29, 1.82) is 0 Å². The van der Waals surface area contributed by atoms with E-state index in [1.54, 1.807) is 0 Å². The van der Waals surface area contributed by atoms with Crippen LogP contribution in [0.4, 0.5) is 0 Å². The van der Waals surface area contributed by atoms with Crippen LogP contribution in [0.5, 0.6) is 11.5 Å². The van der Waals surface area contributed by atoms with Crippen molar-refractivity contribution in [3.05, 3.63) is 59.0 Å². The number of aromatic nitrogens is 2. The van der Waals surface area contributed by atoms with Crippen LogP contribution < -0.4 is 4.74 Å². The minimum atomic E-state index is 0.763. The lowest BCUT2D eigenvalue weighted by molar-refractivity contribution is 0.479. The number of pyridine rings is 1. The lowest BCUT2D eigenvalue weighted by atomic mass is 10.3. The number of nitrogens with zero attached hydrogens (tertiary/aromatic N) is 2. The summed E-state index contributed by atoms with van der Waals surface area (Å²) in [5, 5.41) is 0. The van der Waals surface area contributed by atoms with E-state index in [9.17, 15) is 0 Å². The molecule has 0 fully saturated rings. The first-order valence-electron chi connectivity index (χ1n) is 5.60. The first-order chi connectivity index (χ1) is 8.72. The van der Waals surface area contributed by atoms with Gasteiger partial charge in [0.1, 0.15) is 17.1 Å². The standard InChI is InChI=1S/C14H11BrN2O/c1-10-8-17-9-12(15)13(7-14(17)16-10)18-11-5-3-2-4-6-11/h2-9H,1H3. The largest absolute Gasteiger partial charge is 0.456 e. The van der Waals surface area contributed by atoms with E-state index in [2.05, 4.69) is 20.9 Å². The fraction of sp³-hybridized carbons (Fsp3) is 0.0714. The second kappa shape index (κ2) is 4.46. The van der Waals surface area contributed by atoms with Crippen LogP contribution in [-0.2, 0) is 0 Å².